The molecular formula is C20H26F4N4O4. The summed E-state index contributed by atoms with van der Waals surface area (Å²) in [6, 6.07) is 0.177. The van der Waals surface area contributed by atoms with Crippen molar-refractivity contribution in [3.05, 3.63) is 18.2 Å². The van der Waals surface area contributed by atoms with Crippen molar-refractivity contribution in [1.29, 1.82) is 0 Å². The number of alkyl halides is 3. The van der Waals surface area contributed by atoms with Crippen molar-refractivity contribution in [1.82, 2.24) is 14.9 Å². The first kappa shape index (κ1) is 24.1. The van der Waals surface area contributed by atoms with Crippen LogP contribution < -0.4 is 4.90 Å². The third-order valence-electron chi connectivity index (χ3n) is 6.02. The molecule has 32 heavy (non-hydrogen) atoms. The summed E-state index contributed by atoms with van der Waals surface area (Å²) in [5.74, 6) is -1.78. The minimum Gasteiger partial charge on any atom is -0.475 e. The van der Waals surface area contributed by atoms with Crippen molar-refractivity contribution in [2.45, 2.75) is 63.5 Å². The first-order chi connectivity index (χ1) is 15.1. The van der Waals surface area contributed by atoms with E-state index in [1.54, 1.807) is 0 Å². The van der Waals surface area contributed by atoms with E-state index >= 15 is 0 Å². The van der Waals surface area contributed by atoms with Crippen LogP contribution in [0.1, 0.15) is 39.0 Å². The molecule has 1 amide bonds. The van der Waals surface area contributed by atoms with E-state index < -0.39 is 18.0 Å². The van der Waals surface area contributed by atoms with Crippen LogP contribution in [0.15, 0.2) is 12.4 Å². The van der Waals surface area contributed by atoms with Crippen LogP contribution in [0.25, 0.3) is 0 Å². The van der Waals surface area contributed by atoms with Gasteiger partial charge in [0.2, 0.25) is 5.95 Å². The number of carboxylic acids is 1. The number of ether oxygens (including phenoxy) is 1. The quantitative estimate of drug-likeness (QED) is 0.675. The molecule has 0 aromatic carbocycles. The number of piperidine rings is 1. The fourth-order valence-electron chi connectivity index (χ4n) is 4.24. The van der Waals surface area contributed by atoms with Crippen LogP contribution >= 0.6 is 0 Å². The largest absolute Gasteiger partial charge is 0.490 e. The highest BCUT2D eigenvalue weighted by Crippen LogP contribution is 2.34. The molecule has 12 heteroatoms. The number of carboxylic acid groups (broad SMARTS) is 1. The third-order valence-corrected chi connectivity index (χ3v) is 6.02. The smallest absolute Gasteiger partial charge is 0.475 e. The molecule has 1 aromatic rings. The summed E-state index contributed by atoms with van der Waals surface area (Å²) in [6.45, 7) is 4.73. The van der Waals surface area contributed by atoms with E-state index in [4.69, 9.17) is 14.6 Å². The van der Waals surface area contributed by atoms with Gasteiger partial charge in [-0.25, -0.2) is 19.2 Å². The molecule has 1 N–H and O–H groups in total. The number of likely N-dealkylation sites (tertiary alicyclic amines) is 1. The molecule has 3 saturated heterocycles. The van der Waals surface area contributed by atoms with E-state index in [1.807, 2.05) is 4.90 Å². The van der Waals surface area contributed by atoms with Crippen LogP contribution in [-0.2, 0) is 14.3 Å². The number of fused-ring (bicyclic) bond motifs is 1. The zero-order chi connectivity index (χ0) is 23.5. The van der Waals surface area contributed by atoms with Gasteiger partial charge in [-0.2, -0.15) is 13.2 Å². The molecule has 1 aromatic heterocycles. The second-order valence-electron chi connectivity index (χ2n) is 8.30. The molecule has 0 unspecified atom stereocenters. The van der Waals surface area contributed by atoms with Gasteiger partial charge in [0.25, 0.3) is 5.91 Å². The zero-order valence-corrected chi connectivity index (χ0v) is 17.6. The zero-order valence-electron chi connectivity index (χ0n) is 17.6. The molecule has 3 aliphatic rings. The molecule has 0 bridgehead atoms. The Morgan fingerprint density at radius 3 is 2.22 bits per heavy atom. The number of anilines is 1. The predicted molar refractivity (Wildman–Crippen MR) is 104 cm³/mol. The number of carbonyl (C=O) groups is 2. The Bertz CT molecular complexity index is 800. The first-order valence-corrected chi connectivity index (χ1v) is 10.5. The summed E-state index contributed by atoms with van der Waals surface area (Å²) in [5, 5.41) is 7.12. The van der Waals surface area contributed by atoms with Gasteiger partial charge in [-0.05, 0) is 38.0 Å². The highest BCUT2D eigenvalue weighted by molar-refractivity contribution is 5.81. The van der Waals surface area contributed by atoms with Crippen molar-refractivity contribution in [3.8, 4) is 0 Å². The van der Waals surface area contributed by atoms with Gasteiger partial charge in [-0.15, -0.1) is 0 Å². The second-order valence-corrected chi connectivity index (χ2v) is 8.30. The van der Waals surface area contributed by atoms with Crippen molar-refractivity contribution < 1.29 is 37.0 Å². The number of halogens is 4. The molecule has 178 valence electrons. The summed E-state index contributed by atoms with van der Waals surface area (Å²) in [4.78, 5) is 33.9. The highest BCUT2D eigenvalue weighted by atomic mass is 19.4. The molecule has 0 aliphatic carbocycles. The Labute approximate surface area is 182 Å². The standard InChI is InChI=1S/C18H25FN4O2.C2HF3O2/c1-12-4-7-22(8-5-12)17(24)16-3-2-14-15(25-16)6-9-23(14)18-20-10-13(19)11-21-18;3-2(4,5)1(6)7/h10-12,14-16H,2-9H2,1H3;(H,6,7)/t14-,15-,16+;/m1./s1. The second kappa shape index (κ2) is 9.97. The summed E-state index contributed by atoms with van der Waals surface area (Å²) in [6.07, 6.45) is 1.65. The minimum atomic E-state index is -5.08. The number of aliphatic carboxylic acids is 1. The van der Waals surface area contributed by atoms with Gasteiger partial charge in [0.05, 0.1) is 24.5 Å². The van der Waals surface area contributed by atoms with Crippen LogP contribution in [0.4, 0.5) is 23.5 Å². The monoisotopic (exact) mass is 462 g/mol. The van der Waals surface area contributed by atoms with Crippen LogP contribution in [0.5, 0.6) is 0 Å². The fraction of sp³-hybridized carbons (Fsp3) is 0.700. The van der Waals surface area contributed by atoms with Crippen LogP contribution in [0.2, 0.25) is 0 Å². The van der Waals surface area contributed by atoms with Gasteiger partial charge in [0, 0.05) is 19.6 Å². The number of carbonyl (C=O) groups excluding carboxylic acids is 1. The van der Waals surface area contributed by atoms with Gasteiger partial charge >= 0.3 is 12.1 Å². The lowest BCUT2D eigenvalue weighted by Crippen LogP contribution is -2.50. The van der Waals surface area contributed by atoms with Gasteiger partial charge in [0.1, 0.15) is 6.10 Å². The Balaban J connectivity index is 0.000000360. The summed E-state index contributed by atoms with van der Waals surface area (Å²) in [5.41, 5.74) is 0. The molecule has 0 saturated carbocycles. The maximum Gasteiger partial charge on any atom is 0.490 e. The van der Waals surface area contributed by atoms with Crippen molar-refractivity contribution in [2.75, 3.05) is 24.5 Å². The van der Waals surface area contributed by atoms with Gasteiger partial charge in [-0.1, -0.05) is 6.92 Å². The van der Waals surface area contributed by atoms with E-state index in [0.717, 1.165) is 51.7 Å². The molecule has 0 radical (unpaired) electrons. The van der Waals surface area contributed by atoms with E-state index in [2.05, 4.69) is 21.8 Å². The minimum absolute atomic E-state index is 0.0278. The average molecular weight is 462 g/mol. The SMILES string of the molecule is CC1CCN(C(=O)[C@@H]2CC[C@@H]3[C@@H](CCN3c3ncc(F)cn3)O2)CC1.O=C(O)C(F)(F)F. The van der Waals surface area contributed by atoms with Crippen molar-refractivity contribution in [3.63, 3.8) is 0 Å². The first-order valence-electron chi connectivity index (χ1n) is 10.5. The topological polar surface area (TPSA) is 95.9 Å². The molecule has 0 spiro atoms. The molecule has 8 nitrogen and oxygen atoms in total. The number of rotatable bonds is 2. The maximum absolute atomic E-state index is 13.0. The average Bonchev–Trinajstić information content (AvgIpc) is 3.17. The summed E-state index contributed by atoms with van der Waals surface area (Å²) in [7, 11) is 0. The number of aromatic nitrogens is 2. The lowest BCUT2D eigenvalue weighted by atomic mass is 9.96. The van der Waals surface area contributed by atoms with Crippen LogP contribution in [0, 0.1) is 11.7 Å². The van der Waals surface area contributed by atoms with Gasteiger partial charge in [0.15, 0.2) is 5.82 Å². The summed E-state index contributed by atoms with van der Waals surface area (Å²) >= 11 is 0. The Morgan fingerprint density at radius 1 is 1.06 bits per heavy atom. The van der Waals surface area contributed by atoms with E-state index in [1.165, 1.54) is 12.4 Å². The van der Waals surface area contributed by atoms with Gasteiger partial charge < -0.3 is 19.6 Å². The Morgan fingerprint density at radius 2 is 1.66 bits per heavy atom. The Kier molecular flexibility index (Phi) is 7.52. The lowest BCUT2D eigenvalue weighted by Gasteiger charge is -2.38. The normalized spacial score (nSPS) is 26.2. The lowest BCUT2D eigenvalue weighted by molar-refractivity contribution is -0.192. The van der Waals surface area contributed by atoms with Crippen molar-refractivity contribution >= 4 is 17.8 Å². The fourth-order valence-corrected chi connectivity index (χ4v) is 4.24. The predicted octanol–water partition coefficient (Wildman–Crippen LogP) is 2.63. The maximum atomic E-state index is 13.0. The van der Waals surface area contributed by atoms with Crippen LogP contribution in [0.3, 0.4) is 0 Å². The van der Waals surface area contributed by atoms with Crippen LogP contribution in [-0.4, -0.2) is 75.9 Å². The number of amides is 1. The molecule has 4 rings (SSSR count). The number of hydrogen-bond acceptors (Lipinski definition) is 6. The van der Waals surface area contributed by atoms with E-state index in [-0.39, 0.29) is 24.2 Å². The van der Waals surface area contributed by atoms with E-state index in [0.29, 0.717) is 11.9 Å². The summed E-state index contributed by atoms with van der Waals surface area (Å²) < 4.78 is 50.9. The molecule has 4 heterocycles. The van der Waals surface area contributed by atoms with Crippen molar-refractivity contribution in [2.24, 2.45) is 5.92 Å². The molecule has 3 aliphatic heterocycles. The number of hydrogen-bond donors (Lipinski definition) is 1. The molecule has 3 atom stereocenters. The van der Waals surface area contributed by atoms with E-state index in [9.17, 15) is 22.4 Å². The Hall–Kier alpha value is -2.50. The molecular weight excluding hydrogens is 436 g/mol. The van der Waals surface area contributed by atoms with Gasteiger partial charge in [-0.3, -0.25) is 4.79 Å². The number of nitrogens with zero attached hydrogens (tertiary/aromatic N) is 4. The molecule has 3 fully saturated rings. The highest BCUT2D eigenvalue weighted by Gasteiger charge is 2.43. The third kappa shape index (κ3) is 5.84.